The van der Waals surface area contributed by atoms with Crippen LogP contribution in [0.5, 0.6) is 0 Å². The van der Waals surface area contributed by atoms with E-state index in [1.54, 1.807) is 25.3 Å². The van der Waals surface area contributed by atoms with E-state index in [2.05, 4.69) is 5.32 Å². The van der Waals surface area contributed by atoms with E-state index in [-0.39, 0.29) is 12.5 Å². The largest absolute Gasteiger partial charge is 0.469 e. The number of rotatable bonds is 7. The average molecular weight is 260 g/mol. The molecule has 1 unspecified atom stereocenters. The number of carbonyl (C=O) groups is 1. The molecule has 0 fully saturated rings. The average Bonchev–Trinajstić information content (AvgIpc) is 2.75. The SMILES string of the molecule is CC(O)(CNC(=O)CCCCl)Cc1ccco1. The minimum Gasteiger partial charge on any atom is -0.469 e. The Labute approximate surface area is 106 Å². The highest BCUT2D eigenvalue weighted by atomic mass is 35.5. The number of halogens is 1. The Hall–Kier alpha value is -1.00. The highest BCUT2D eigenvalue weighted by Crippen LogP contribution is 2.12. The van der Waals surface area contributed by atoms with Crippen molar-refractivity contribution >= 4 is 17.5 Å². The molecule has 5 heteroatoms. The molecule has 17 heavy (non-hydrogen) atoms. The molecule has 1 atom stereocenters. The first kappa shape index (κ1) is 14.1. The van der Waals surface area contributed by atoms with Crippen molar-refractivity contribution in [3.05, 3.63) is 24.2 Å². The first-order valence-corrected chi connectivity index (χ1v) is 6.14. The summed E-state index contributed by atoms with van der Waals surface area (Å²) in [5, 5.41) is 12.7. The van der Waals surface area contributed by atoms with Gasteiger partial charge in [-0.1, -0.05) is 0 Å². The molecule has 0 aliphatic rings. The van der Waals surface area contributed by atoms with E-state index in [1.807, 2.05) is 0 Å². The third kappa shape index (κ3) is 5.75. The minimum atomic E-state index is -1.01. The van der Waals surface area contributed by atoms with Gasteiger partial charge in [-0.2, -0.15) is 0 Å². The van der Waals surface area contributed by atoms with Crippen molar-refractivity contribution < 1.29 is 14.3 Å². The Kier molecular flexibility index (Phi) is 5.51. The van der Waals surface area contributed by atoms with Gasteiger partial charge in [0.1, 0.15) is 5.76 Å². The van der Waals surface area contributed by atoms with Crippen LogP contribution in [0.15, 0.2) is 22.8 Å². The molecule has 4 nitrogen and oxygen atoms in total. The number of aliphatic hydroxyl groups is 1. The van der Waals surface area contributed by atoms with Crippen molar-refractivity contribution in [3.63, 3.8) is 0 Å². The summed E-state index contributed by atoms with van der Waals surface area (Å²) in [7, 11) is 0. The molecule has 1 rings (SSSR count). The minimum absolute atomic E-state index is 0.0923. The van der Waals surface area contributed by atoms with Gasteiger partial charge in [-0.25, -0.2) is 0 Å². The van der Waals surface area contributed by atoms with E-state index >= 15 is 0 Å². The van der Waals surface area contributed by atoms with Crippen molar-refractivity contribution in [1.82, 2.24) is 5.32 Å². The summed E-state index contributed by atoms with van der Waals surface area (Å²) >= 11 is 5.49. The zero-order chi connectivity index (χ0) is 12.7. The fraction of sp³-hybridized carbons (Fsp3) is 0.583. The van der Waals surface area contributed by atoms with Gasteiger partial charge in [0, 0.05) is 25.3 Å². The fourth-order valence-corrected chi connectivity index (χ4v) is 1.59. The Bertz CT molecular complexity index is 336. The van der Waals surface area contributed by atoms with Gasteiger partial charge in [0.15, 0.2) is 0 Å². The van der Waals surface area contributed by atoms with Gasteiger partial charge in [-0.15, -0.1) is 11.6 Å². The van der Waals surface area contributed by atoms with E-state index in [1.165, 1.54) is 0 Å². The zero-order valence-electron chi connectivity index (χ0n) is 9.91. The molecule has 0 bridgehead atoms. The van der Waals surface area contributed by atoms with Crippen molar-refractivity contribution in [2.24, 2.45) is 0 Å². The maximum Gasteiger partial charge on any atom is 0.220 e. The van der Waals surface area contributed by atoms with E-state index < -0.39 is 5.60 Å². The highest BCUT2D eigenvalue weighted by Gasteiger charge is 2.23. The summed E-state index contributed by atoms with van der Waals surface area (Å²) in [5.41, 5.74) is -1.01. The molecule has 1 amide bonds. The first-order chi connectivity index (χ1) is 8.03. The van der Waals surface area contributed by atoms with E-state index in [0.29, 0.717) is 30.9 Å². The monoisotopic (exact) mass is 259 g/mol. The van der Waals surface area contributed by atoms with E-state index in [4.69, 9.17) is 16.0 Å². The summed E-state index contributed by atoms with van der Waals surface area (Å²) in [6.07, 6.45) is 2.97. The maximum atomic E-state index is 11.3. The van der Waals surface area contributed by atoms with E-state index in [0.717, 1.165) is 0 Å². The van der Waals surface area contributed by atoms with Crippen molar-refractivity contribution in [3.8, 4) is 0 Å². The summed E-state index contributed by atoms with van der Waals surface area (Å²) in [6, 6.07) is 3.56. The van der Waals surface area contributed by atoms with Gasteiger partial charge < -0.3 is 14.8 Å². The lowest BCUT2D eigenvalue weighted by Crippen LogP contribution is -2.42. The maximum absolute atomic E-state index is 11.3. The highest BCUT2D eigenvalue weighted by molar-refractivity contribution is 6.17. The first-order valence-electron chi connectivity index (χ1n) is 5.61. The van der Waals surface area contributed by atoms with Gasteiger partial charge in [-0.05, 0) is 25.5 Å². The predicted molar refractivity (Wildman–Crippen MR) is 66.0 cm³/mol. The molecule has 0 aliphatic heterocycles. The summed E-state index contributed by atoms with van der Waals surface area (Å²) in [4.78, 5) is 11.3. The second-order valence-electron chi connectivity index (χ2n) is 4.32. The van der Waals surface area contributed by atoms with Crippen LogP contribution in [-0.2, 0) is 11.2 Å². The van der Waals surface area contributed by atoms with Crippen LogP contribution in [0.25, 0.3) is 0 Å². The van der Waals surface area contributed by atoms with Crippen molar-refractivity contribution in [2.75, 3.05) is 12.4 Å². The van der Waals surface area contributed by atoms with Crippen molar-refractivity contribution in [1.29, 1.82) is 0 Å². The smallest absolute Gasteiger partial charge is 0.220 e. The van der Waals surface area contributed by atoms with Crippen LogP contribution in [0.3, 0.4) is 0 Å². The molecule has 0 aliphatic carbocycles. The molecule has 0 aromatic carbocycles. The molecule has 1 aromatic heterocycles. The number of hydrogen-bond donors (Lipinski definition) is 2. The van der Waals surface area contributed by atoms with Crippen LogP contribution in [0.4, 0.5) is 0 Å². The molecule has 0 saturated heterocycles. The van der Waals surface area contributed by atoms with Crippen LogP contribution in [0, 0.1) is 0 Å². The zero-order valence-corrected chi connectivity index (χ0v) is 10.7. The lowest BCUT2D eigenvalue weighted by Gasteiger charge is -2.22. The normalized spacial score (nSPS) is 14.3. The molecular weight excluding hydrogens is 242 g/mol. The van der Waals surface area contributed by atoms with Crippen molar-refractivity contribution in [2.45, 2.75) is 31.8 Å². The van der Waals surface area contributed by atoms with Crippen LogP contribution >= 0.6 is 11.6 Å². The number of hydrogen-bond acceptors (Lipinski definition) is 3. The summed E-state index contributed by atoms with van der Waals surface area (Å²) in [5.74, 6) is 1.08. The summed E-state index contributed by atoms with van der Waals surface area (Å²) < 4.78 is 5.15. The van der Waals surface area contributed by atoms with Crippen LogP contribution in [0.2, 0.25) is 0 Å². The second kappa shape index (κ2) is 6.67. The van der Waals surface area contributed by atoms with Gasteiger partial charge in [0.2, 0.25) is 5.91 Å². The summed E-state index contributed by atoms with van der Waals surface area (Å²) in [6.45, 7) is 1.87. The lowest BCUT2D eigenvalue weighted by atomic mass is 10.0. The lowest BCUT2D eigenvalue weighted by molar-refractivity contribution is -0.122. The van der Waals surface area contributed by atoms with Gasteiger partial charge in [0.25, 0.3) is 0 Å². The molecule has 0 saturated carbocycles. The Morgan fingerprint density at radius 1 is 1.65 bits per heavy atom. The molecule has 0 spiro atoms. The van der Waals surface area contributed by atoms with Gasteiger partial charge in [-0.3, -0.25) is 4.79 Å². The topological polar surface area (TPSA) is 62.5 Å². The number of nitrogens with one attached hydrogen (secondary N) is 1. The molecule has 0 radical (unpaired) electrons. The molecule has 2 N–H and O–H groups in total. The third-order valence-electron chi connectivity index (χ3n) is 2.34. The molecular formula is C12H18ClNO3. The Morgan fingerprint density at radius 2 is 2.41 bits per heavy atom. The number of furan rings is 1. The third-order valence-corrected chi connectivity index (χ3v) is 2.61. The van der Waals surface area contributed by atoms with Gasteiger partial charge in [0.05, 0.1) is 11.9 Å². The second-order valence-corrected chi connectivity index (χ2v) is 4.70. The standard InChI is InChI=1S/C12H18ClNO3/c1-12(16,8-10-4-3-7-17-10)9-14-11(15)5-2-6-13/h3-4,7,16H,2,5-6,8-9H2,1H3,(H,14,15). The molecule has 1 heterocycles. The quantitative estimate of drug-likeness (QED) is 0.733. The molecule has 96 valence electrons. The Balaban J connectivity index is 2.31. The van der Waals surface area contributed by atoms with Crippen LogP contribution < -0.4 is 5.32 Å². The number of alkyl halides is 1. The number of carbonyl (C=O) groups excluding carboxylic acids is 1. The molecule has 1 aromatic rings. The Morgan fingerprint density at radius 3 is 3.00 bits per heavy atom. The van der Waals surface area contributed by atoms with Crippen LogP contribution in [-0.4, -0.2) is 29.0 Å². The van der Waals surface area contributed by atoms with Crippen LogP contribution in [0.1, 0.15) is 25.5 Å². The number of amides is 1. The predicted octanol–water partition coefficient (Wildman–Crippen LogP) is 1.71. The van der Waals surface area contributed by atoms with E-state index in [9.17, 15) is 9.90 Å². The van der Waals surface area contributed by atoms with Gasteiger partial charge >= 0.3 is 0 Å². The fourth-order valence-electron chi connectivity index (χ4n) is 1.46.